The first kappa shape index (κ1) is 18.5. The van der Waals surface area contributed by atoms with Crippen LogP contribution in [0.2, 0.25) is 10.0 Å². The number of hydrogen-bond donors (Lipinski definition) is 0. The van der Waals surface area contributed by atoms with Gasteiger partial charge in [-0.2, -0.15) is 0 Å². The fourth-order valence-electron chi connectivity index (χ4n) is 2.27. The van der Waals surface area contributed by atoms with E-state index in [1.807, 2.05) is 0 Å². The minimum atomic E-state index is -0.147. The number of rotatable bonds is 5. The number of hydrogen-bond acceptors (Lipinski definition) is 5. The lowest BCUT2D eigenvalue weighted by Crippen LogP contribution is -2.31. The lowest BCUT2D eigenvalue weighted by Gasteiger charge is -2.12. The number of halogens is 2. The molecule has 1 aromatic heterocycles. The number of nitrogens with zero attached hydrogens (tertiary/aromatic N) is 1. The largest absolute Gasteiger partial charge is 0.457 e. The summed E-state index contributed by atoms with van der Waals surface area (Å²) in [7, 11) is 1.58. The molecule has 1 aliphatic rings. The van der Waals surface area contributed by atoms with Crippen molar-refractivity contribution in [1.82, 2.24) is 4.90 Å². The van der Waals surface area contributed by atoms with E-state index < -0.39 is 0 Å². The van der Waals surface area contributed by atoms with Crippen molar-refractivity contribution >= 4 is 63.5 Å². The van der Waals surface area contributed by atoms with Crippen LogP contribution in [0.15, 0.2) is 39.7 Å². The summed E-state index contributed by atoms with van der Waals surface area (Å²) in [4.78, 5) is 14.4. The number of furan rings is 1. The topological polar surface area (TPSA) is 42.7 Å². The van der Waals surface area contributed by atoms with Gasteiger partial charge in [-0.1, -0.05) is 47.2 Å². The summed E-state index contributed by atoms with van der Waals surface area (Å²) >= 11 is 18.7. The number of thioether (sulfide) groups is 1. The van der Waals surface area contributed by atoms with E-state index in [1.165, 1.54) is 16.7 Å². The van der Waals surface area contributed by atoms with Crippen LogP contribution in [0.4, 0.5) is 0 Å². The number of benzene rings is 1. The second kappa shape index (κ2) is 7.93. The number of amides is 1. The third-order valence-corrected chi connectivity index (χ3v) is 5.43. The molecule has 2 heterocycles. The highest BCUT2D eigenvalue weighted by Crippen LogP contribution is 2.35. The quantitative estimate of drug-likeness (QED) is 0.503. The number of carbonyl (C=O) groups excluding carboxylic acids is 1. The Kier molecular flexibility index (Phi) is 5.86. The summed E-state index contributed by atoms with van der Waals surface area (Å²) in [6, 6.07) is 8.71. The number of methoxy groups -OCH3 is 1. The fourth-order valence-corrected chi connectivity index (χ4v) is 3.94. The van der Waals surface area contributed by atoms with Crippen molar-refractivity contribution in [2.45, 2.75) is 0 Å². The summed E-state index contributed by atoms with van der Waals surface area (Å²) < 4.78 is 11.3. The number of carbonyl (C=O) groups is 1. The smallest absolute Gasteiger partial charge is 0.266 e. The highest BCUT2D eigenvalue weighted by molar-refractivity contribution is 8.26. The Bertz CT molecular complexity index is 863. The highest BCUT2D eigenvalue weighted by Gasteiger charge is 2.31. The average Bonchev–Trinajstić information content (AvgIpc) is 3.14. The molecule has 1 aromatic carbocycles. The van der Waals surface area contributed by atoms with Crippen LogP contribution in [0.1, 0.15) is 5.76 Å². The molecule has 1 aliphatic heterocycles. The third kappa shape index (κ3) is 4.10. The van der Waals surface area contributed by atoms with Crippen LogP contribution >= 0.6 is 47.2 Å². The van der Waals surface area contributed by atoms with E-state index in [-0.39, 0.29) is 5.91 Å². The lowest BCUT2D eigenvalue weighted by molar-refractivity contribution is -0.122. The maximum atomic E-state index is 12.4. The molecule has 0 spiro atoms. The summed E-state index contributed by atoms with van der Waals surface area (Å²) in [6.45, 7) is 0.859. The van der Waals surface area contributed by atoms with Crippen LogP contribution in [0.25, 0.3) is 17.4 Å². The predicted octanol–water partition coefficient (Wildman–Crippen LogP) is 5.10. The average molecular weight is 414 g/mol. The lowest BCUT2D eigenvalue weighted by atomic mass is 10.2. The fraction of sp³-hybridized carbons (Fsp3) is 0.176. The molecule has 0 saturated carbocycles. The van der Waals surface area contributed by atoms with Crippen LogP contribution in [0.5, 0.6) is 0 Å². The van der Waals surface area contributed by atoms with Crippen LogP contribution in [0, 0.1) is 0 Å². The van der Waals surface area contributed by atoms with Gasteiger partial charge in [0.25, 0.3) is 5.91 Å². The van der Waals surface area contributed by atoms with Gasteiger partial charge in [-0.25, -0.2) is 0 Å². The molecule has 1 amide bonds. The monoisotopic (exact) mass is 413 g/mol. The molecular formula is C17H13Cl2NO3S2. The van der Waals surface area contributed by atoms with Crippen molar-refractivity contribution in [2.75, 3.05) is 20.3 Å². The Morgan fingerprint density at radius 1 is 1.32 bits per heavy atom. The molecule has 0 bridgehead atoms. The van der Waals surface area contributed by atoms with E-state index in [2.05, 4.69) is 0 Å². The molecule has 2 aromatic rings. The van der Waals surface area contributed by atoms with Crippen molar-refractivity contribution in [3.8, 4) is 11.3 Å². The highest BCUT2D eigenvalue weighted by atomic mass is 35.5. The van der Waals surface area contributed by atoms with Gasteiger partial charge in [0.05, 0.1) is 23.1 Å². The van der Waals surface area contributed by atoms with E-state index in [1.54, 1.807) is 43.5 Å². The Morgan fingerprint density at radius 2 is 2.12 bits per heavy atom. The third-order valence-electron chi connectivity index (χ3n) is 3.49. The van der Waals surface area contributed by atoms with Gasteiger partial charge in [0.1, 0.15) is 15.8 Å². The van der Waals surface area contributed by atoms with Crippen molar-refractivity contribution < 1.29 is 13.9 Å². The molecule has 0 unspecified atom stereocenters. The molecule has 1 fully saturated rings. The van der Waals surface area contributed by atoms with Gasteiger partial charge < -0.3 is 9.15 Å². The van der Waals surface area contributed by atoms with Crippen molar-refractivity contribution in [3.05, 3.63) is 51.0 Å². The first-order chi connectivity index (χ1) is 12.0. The Hall–Kier alpha value is -1.31. The van der Waals surface area contributed by atoms with E-state index in [0.717, 1.165) is 0 Å². The van der Waals surface area contributed by atoms with E-state index >= 15 is 0 Å². The molecule has 1 saturated heterocycles. The van der Waals surface area contributed by atoms with Crippen molar-refractivity contribution in [1.29, 1.82) is 0 Å². The molecule has 3 rings (SSSR count). The minimum absolute atomic E-state index is 0.147. The second-order valence-electron chi connectivity index (χ2n) is 5.15. The summed E-state index contributed by atoms with van der Waals surface area (Å²) in [5.74, 6) is 0.970. The van der Waals surface area contributed by atoms with Gasteiger partial charge in [-0.05, 0) is 30.3 Å². The standard InChI is InChI=1S/C17H13Cl2NO3S2/c1-22-7-6-20-16(21)15(25-17(20)24)9-11-3-5-14(23-11)12-8-10(18)2-4-13(12)19/h2-5,8-9H,6-7H2,1H3/b15-9-. The molecule has 4 nitrogen and oxygen atoms in total. The molecule has 0 aliphatic carbocycles. The first-order valence-corrected chi connectivity index (χ1v) is 9.27. The van der Waals surface area contributed by atoms with Crippen LogP contribution in [0.3, 0.4) is 0 Å². The summed E-state index contributed by atoms with van der Waals surface area (Å²) in [6.07, 6.45) is 1.67. The Morgan fingerprint density at radius 3 is 2.88 bits per heavy atom. The Labute approximate surface area is 164 Å². The van der Waals surface area contributed by atoms with Gasteiger partial charge in [0.2, 0.25) is 0 Å². The second-order valence-corrected chi connectivity index (χ2v) is 7.67. The molecule has 25 heavy (non-hydrogen) atoms. The van der Waals surface area contributed by atoms with E-state index in [4.69, 9.17) is 44.6 Å². The Balaban J connectivity index is 1.84. The van der Waals surface area contributed by atoms with Gasteiger partial charge in [0.15, 0.2) is 0 Å². The van der Waals surface area contributed by atoms with Crippen molar-refractivity contribution in [3.63, 3.8) is 0 Å². The number of ether oxygens (including phenoxy) is 1. The van der Waals surface area contributed by atoms with Gasteiger partial charge in [0, 0.05) is 23.8 Å². The zero-order valence-corrected chi connectivity index (χ0v) is 16.3. The van der Waals surface area contributed by atoms with Crippen LogP contribution in [-0.2, 0) is 9.53 Å². The summed E-state index contributed by atoms with van der Waals surface area (Å²) in [5.41, 5.74) is 0.696. The maximum Gasteiger partial charge on any atom is 0.266 e. The van der Waals surface area contributed by atoms with E-state index in [0.29, 0.717) is 49.5 Å². The van der Waals surface area contributed by atoms with Crippen LogP contribution < -0.4 is 0 Å². The molecule has 8 heteroatoms. The molecule has 0 radical (unpaired) electrons. The zero-order valence-electron chi connectivity index (χ0n) is 13.1. The zero-order chi connectivity index (χ0) is 18.0. The van der Waals surface area contributed by atoms with E-state index in [9.17, 15) is 4.79 Å². The minimum Gasteiger partial charge on any atom is -0.457 e. The first-order valence-electron chi connectivity index (χ1n) is 7.29. The van der Waals surface area contributed by atoms with Crippen LogP contribution in [-0.4, -0.2) is 35.4 Å². The maximum absolute atomic E-state index is 12.4. The van der Waals surface area contributed by atoms with Gasteiger partial charge in [-0.3, -0.25) is 9.69 Å². The predicted molar refractivity (Wildman–Crippen MR) is 106 cm³/mol. The molecule has 0 N–H and O–H groups in total. The molecule has 130 valence electrons. The SMILES string of the molecule is COCCN1C(=O)/C(=C/c2ccc(-c3cc(Cl)ccc3Cl)o2)SC1=S. The molecule has 0 atom stereocenters. The molecular weight excluding hydrogens is 401 g/mol. The van der Waals surface area contributed by atoms with Crippen molar-refractivity contribution in [2.24, 2.45) is 0 Å². The van der Waals surface area contributed by atoms with Gasteiger partial charge in [-0.15, -0.1) is 0 Å². The normalized spacial score (nSPS) is 16.3. The number of thiocarbonyl (C=S) groups is 1. The van der Waals surface area contributed by atoms with Gasteiger partial charge >= 0.3 is 0 Å². The summed E-state index contributed by atoms with van der Waals surface area (Å²) in [5, 5.41) is 1.10.